The molecule has 0 spiro atoms. The Morgan fingerprint density at radius 3 is 2.89 bits per heavy atom. The maximum Gasteiger partial charge on any atom is 0.259 e. The first-order valence-electron chi connectivity index (χ1n) is 6.03. The molecule has 98 valence electrons. The maximum atomic E-state index is 12.9. The quantitative estimate of drug-likeness (QED) is 0.775. The summed E-state index contributed by atoms with van der Waals surface area (Å²) in [5.74, 6) is -4.75. The number of ketones is 1. The molecule has 1 saturated carbocycles. The first-order chi connectivity index (χ1) is 8.59. The normalized spacial score (nSPS) is 30.1. The van der Waals surface area contributed by atoms with Gasteiger partial charge in [0.25, 0.3) is 5.92 Å². The Hall–Kier alpha value is -1.37. The lowest BCUT2D eigenvalue weighted by molar-refractivity contribution is -0.0410. The van der Waals surface area contributed by atoms with Gasteiger partial charge in [-0.05, 0) is 19.3 Å². The summed E-state index contributed by atoms with van der Waals surface area (Å²) in [6, 6.07) is 0. The molecule has 7 heteroatoms. The summed E-state index contributed by atoms with van der Waals surface area (Å²) >= 11 is 0. The molecule has 0 bridgehead atoms. The molecule has 1 aromatic heterocycles. The van der Waals surface area contributed by atoms with Crippen LogP contribution in [0.2, 0.25) is 0 Å². The van der Waals surface area contributed by atoms with E-state index >= 15 is 0 Å². The second-order valence-corrected chi connectivity index (χ2v) is 4.73. The first kappa shape index (κ1) is 11.7. The average molecular weight is 257 g/mol. The van der Waals surface area contributed by atoms with Crippen molar-refractivity contribution in [2.75, 3.05) is 6.61 Å². The highest BCUT2D eigenvalue weighted by Crippen LogP contribution is 2.50. The highest BCUT2D eigenvalue weighted by Gasteiger charge is 2.62. The second-order valence-electron chi connectivity index (χ2n) is 4.73. The van der Waals surface area contributed by atoms with Crippen LogP contribution in [-0.4, -0.2) is 33.1 Å². The zero-order valence-electron chi connectivity index (χ0n) is 9.68. The summed E-state index contributed by atoms with van der Waals surface area (Å²) < 4.78 is 32.6. The van der Waals surface area contributed by atoms with Crippen molar-refractivity contribution in [3.63, 3.8) is 0 Å². The summed E-state index contributed by atoms with van der Waals surface area (Å²) in [6.07, 6.45) is 3.14. The molecule has 0 radical (unpaired) electrons. The number of nitrogens with zero attached hydrogens (tertiary/aromatic N) is 3. The predicted molar refractivity (Wildman–Crippen MR) is 56.2 cm³/mol. The molecule has 1 aliphatic carbocycles. The summed E-state index contributed by atoms with van der Waals surface area (Å²) in [4.78, 5) is 15.7. The Kier molecular flexibility index (Phi) is 2.65. The highest BCUT2D eigenvalue weighted by atomic mass is 19.3. The molecular formula is C11H13F2N3O2. The van der Waals surface area contributed by atoms with E-state index < -0.39 is 17.6 Å². The molecule has 1 aliphatic heterocycles. The van der Waals surface area contributed by atoms with Gasteiger partial charge in [0.1, 0.15) is 6.33 Å². The van der Waals surface area contributed by atoms with Crippen LogP contribution in [0.3, 0.4) is 0 Å². The minimum atomic E-state index is -2.87. The van der Waals surface area contributed by atoms with Crippen molar-refractivity contribution in [1.82, 2.24) is 14.8 Å². The van der Waals surface area contributed by atoms with Gasteiger partial charge in [0, 0.05) is 13.0 Å². The average Bonchev–Trinajstić information content (AvgIpc) is 2.80. The SMILES string of the molecule is O=C(c1ncnn1C1CCCCO1)C1CC1(F)F. The number of aromatic nitrogens is 3. The van der Waals surface area contributed by atoms with Crippen LogP contribution >= 0.6 is 0 Å². The van der Waals surface area contributed by atoms with Gasteiger partial charge in [-0.2, -0.15) is 5.10 Å². The van der Waals surface area contributed by atoms with Gasteiger partial charge in [-0.15, -0.1) is 0 Å². The minimum absolute atomic E-state index is 0.0101. The molecule has 5 nitrogen and oxygen atoms in total. The molecule has 3 rings (SSSR count). The van der Waals surface area contributed by atoms with Crippen molar-refractivity contribution in [3.8, 4) is 0 Å². The third-order valence-corrected chi connectivity index (χ3v) is 3.36. The van der Waals surface area contributed by atoms with Gasteiger partial charge in [0.2, 0.25) is 5.78 Å². The van der Waals surface area contributed by atoms with E-state index in [1.165, 1.54) is 11.0 Å². The fourth-order valence-corrected chi connectivity index (χ4v) is 2.21. The predicted octanol–water partition coefficient (Wildman–Crippen LogP) is 1.82. The van der Waals surface area contributed by atoms with Crippen LogP contribution < -0.4 is 0 Å². The van der Waals surface area contributed by atoms with Crippen molar-refractivity contribution in [2.24, 2.45) is 5.92 Å². The van der Waals surface area contributed by atoms with Crippen LogP contribution in [0.25, 0.3) is 0 Å². The van der Waals surface area contributed by atoms with Crippen molar-refractivity contribution in [2.45, 2.75) is 37.8 Å². The Morgan fingerprint density at radius 1 is 1.50 bits per heavy atom. The van der Waals surface area contributed by atoms with Gasteiger partial charge in [-0.1, -0.05) is 0 Å². The summed E-state index contributed by atoms with van der Waals surface area (Å²) in [5.41, 5.74) is 0. The number of alkyl halides is 2. The zero-order valence-corrected chi connectivity index (χ0v) is 9.68. The number of ether oxygens (including phenoxy) is 1. The number of hydrogen-bond donors (Lipinski definition) is 0. The van der Waals surface area contributed by atoms with E-state index in [1.807, 2.05) is 0 Å². The zero-order chi connectivity index (χ0) is 12.8. The van der Waals surface area contributed by atoms with E-state index in [-0.39, 0.29) is 18.5 Å². The molecule has 0 amide bonds. The second kappa shape index (κ2) is 4.08. The third-order valence-electron chi connectivity index (χ3n) is 3.36. The number of hydrogen-bond acceptors (Lipinski definition) is 4. The van der Waals surface area contributed by atoms with Crippen molar-refractivity contribution in [3.05, 3.63) is 12.2 Å². The summed E-state index contributed by atoms with van der Waals surface area (Å²) in [6.45, 7) is 0.595. The van der Waals surface area contributed by atoms with Gasteiger partial charge in [-0.3, -0.25) is 4.79 Å². The molecule has 2 heterocycles. The number of rotatable bonds is 3. The van der Waals surface area contributed by atoms with E-state index in [0.717, 1.165) is 19.3 Å². The molecule has 0 aromatic carbocycles. The van der Waals surface area contributed by atoms with E-state index in [1.54, 1.807) is 0 Å². The maximum absolute atomic E-state index is 12.9. The fraction of sp³-hybridized carbons (Fsp3) is 0.727. The standard InChI is InChI=1S/C11H13F2N3O2/c12-11(13)5-7(11)9(17)10-14-6-15-16(10)8-3-1-2-4-18-8/h6-8H,1-5H2. The number of halogens is 2. The van der Waals surface area contributed by atoms with Crippen molar-refractivity contribution < 1.29 is 18.3 Å². The third kappa shape index (κ3) is 1.92. The van der Waals surface area contributed by atoms with E-state index in [2.05, 4.69) is 10.1 Å². The molecular weight excluding hydrogens is 244 g/mol. The van der Waals surface area contributed by atoms with Crippen LogP contribution in [-0.2, 0) is 4.74 Å². The molecule has 2 atom stereocenters. The lowest BCUT2D eigenvalue weighted by atomic mass is 10.2. The molecule has 0 N–H and O–H groups in total. The molecule has 2 unspecified atom stereocenters. The highest BCUT2D eigenvalue weighted by molar-refractivity contribution is 5.97. The van der Waals surface area contributed by atoms with Crippen molar-refractivity contribution >= 4 is 5.78 Å². The lowest BCUT2D eigenvalue weighted by Crippen LogP contribution is -2.24. The van der Waals surface area contributed by atoms with Crippen LogP contribution in [0, 0.1) is 5.92 Å². The Bertz CT molecular complexity index is 469. The van der Waals surface area contributed by atoms with Crippen LogP contribution in [0.15, 0.2) is 6.33 Å². The van der Waals surface area contributed by atoms with E-state index in [4.69, 9.17) is 4.74 Å². The Balaban J connectivity index is 1.81. The van der Waals surface area contributed by atoms with E-state index in [0.29, 0.717) is 6.61 Å². The molecule has 1 aromatic rings. The van der Waals surface area contributed by atoms with Gasteiger partial charge in [-0.25, -0.2) is 18.4 Å². The monoisotopic (exact) mass is 257 g/mol. The topological polar surface area (TPSA) is 57.0 Å². The fourth-order valence-electron chi connectivity index (χ4n) is 2.21. The largest absolute Gasteiger partial charge is 0.356 e. The molecule has 2 aliphatic rings. The van der Waals surface area contributed by atoms with Gasteiger partial charge in [0.05, 0.1) is 5.92 Å². The number of Topliss-reactive ketones (excluding diaryl/α,β-unsaturated/α-hetero) is 1. The van der Waals surface area contributed by atoms with E-state index in [9.17, 15) is 13.6 Å². The number of carbonyl (C=O) groups is 1. The molecule has 18 heavy (non-hydrogen) atoms. The van der Waals surface area contributed by atoms with Crippen molar-refractivity contribution in [1.29, 1.82) is 0 Å². The Morgan fingerprint density at radius 2 is 2.28 bits per heavy atom. The molecule has 1 saturated heterocycles. The van der Waals surface area contributed by atoms with Crippen LogP contribution in [0.5, 0.6) is 0 Å². The lowest BCUT2D eigenvalue weighted by Gasteiger charge is -2.23. The molecule has 2 fully saturated rings. The van der Waals surface area contributed by atoms with Crippen LogP contribution in [0.4, 0.5) is 8.78 Å². The number of carbonyl (C=O) groups excluding carboxylic acids is 1. The van der Waals surface area contributed by atoms with Crippen LogP contribution in [0.1, 0.15) is 42.5 Å². The van der Waals surface area contributed by atoms with Gasteiger partial charge >= 0.3 is 0 Å². The van der Waals surface area contributed by atoms with Gasteiger partial charge < -0.3 is 4.74 Å². The first-order valence-corrected chi connectivity index (χ1v) is 6.03. The smallest absolute Gasteiger partial charge is 0.259 e. The Labute approximate surface area is 102 Å². The minimum Gasteiger partial charge on any atom is -0.356 e. The summed E-state index contributed by atoms with van der Waals surface area (Å²) in [7, 11) is 0. The summed E-state index contributed by atoms with van der Waals surface area (Å²) in [5, 5.41) is 3.93. The van der Waals surface area contributed by atoms with Gasteiger partial charge in [0.15, 0.2) is 12.1 Å².